The Morgan fingerprint density at radius 1 is 1.16 bits per heavy atom. The summed E-state index contributed by atoms with van der Waals surface area (Å²) in [5.74, 6) is 1.25. The Morgan fingerprint density at radius 2 is 1.84 bits per heavy atom. The highest BCUT2D eigenvalue weighted by molar-refractivity contribution is 5.29. The van der Waals surface area contributed by atoms with E-state index in [0.717, 1.165) is 11.3 Å². The predicted octanol–water partition coefficient (Wildman–Crippen LogP) is 2.65. The number of hydrogen-bond donors (Lipinski definition) is 1. The number of aromatic nitrogens is 2. The summed E-state index contributed by atoms with van der Waals surface area (Å²) in [7, 11) is 0. The van der Waals surface area contributed by atoms with Crippen LogP contribution in [0.1, 0.15) is 38.3 Å². The molecule has 0 radical (unpaired) electrons. The van der Waals surface area contributed by atoms with Gasteiger partial charge in [0.2, 0.25) is 0 Å². The van der Waals surface area contributed by atoms with Crippen LogP contribution in [0.2, 0.25) is 0 Å². The minimum absolute atomic E-state index is 0.118. The molecule has 6 nitrogen and oxygen atoms in total. The molecule has 136 valence electrons. The molecule has 0 aliphatic carbocycles. The molecule has 1 heterocycles. The summed E-state index contributed by atoms with van der Waals surface area (Å²) in [5, 5.41) is 13.0. The van der Waals surface area contributed by atoms with Crippen molar-refractivity contribution in [3.8, 4) is 11.5 Å². The van der Waals surface area contributed by atoms with Crippen molar-refractivity contribution in [2.75, 3.05) is 13.2 Å². The molecule has 0 atom stereocenters. The molecular weight excluding hydrogens is 320 g/mol. The summed E-state index contributed by atoms with van der Waals surface area (Å²) in [6.45, 7) is 8.51. The van der Waals surface area contributed by atoms with E-state index in [4.69, 9.17) is 14.6 Å². The van der Waals surface area contributed by atoms with Crippen molar-refractivity contribution in [3.63, 3.8) is 0 Å². The lowest BCUT2D eigenvalue weighted by Gasteiger charge is -2.21. The number of aliphatic hydroxyl groups excluding tert-OH is 1. The topological polar surface area (TPSA) is 73.6 Å². The molecule has 0 aliphatic rings. The fourth-order valence-electron chi connectivity index (χ4n) is 2.24. The quantitative estimate of drug-likeness (QED) is 0.780. The average Bonchev–Trinajstić information content (AvgIpc) is 2.56. The fraction of sp³-hybridized carbons (Fsp3) is 0.474. The van der Waals surface area contributed by atoms with Gasteiger partial charge in [0.1, 0.15) is 18.1 Å². The van der Waals surface area contributed by atoms with E-state index in [2.05, 4.69) is 5.10 Å². The van der Waals surface area contributed by atoms with Crippen molar-refractivity contribution in [1.82, 2.24) is 9.78 Å². The molecule has 0 amide bonds. The van der Waals surface area contributed by atoms with Crippen LogP contribution in [-0.2, 0) is 12.1 Å². The van der Waals surface area contributed by atoms with Gasteiger partial charge in [-0.25, -0.2) is 4.68 Å². The van der Waals surface area contributed by atoms with Gasteiger partial charge in [-0.1, -0.05) is 12.1 Å². The summed E-state index contributed by atoms with van der Waals surface area (Å²) < 4.78 is 12.7. The maximum atomic E-state index is 12.4. The highest BCUT2D eigenvalue weighted by Gasteiger charge is 2.18. The Labute approximate surface area is 148 Å². The van der Waals surface area contributed by atoms with Gasteiger partial charge in [-0.05, 0) is 45.4 Å². The summed E-state index contributed by atoms with van der Waals surface area (Å²) in [6, 6.07) is 7.54. The summed E-state index contributed by atoms with van der Waals surface area (Å²) >= 11 is 0. The molecule has 2 aromatic rings. The number of benzene rings is 1. The number of ether oxygens (including phenoxy) is 2. The average molecular weight is 346 g/mol. The Bertz CT molecular complexity index is 745. The van der Waals surface area contributed by atoms with Crippen LogP contribution in [0.5, 0.6) is 11.5 Å². The van der Waals surface area contributed by atoms with E-state index in [1.54, 1.807) is 13.1 Å². The molecule has 0 fully saturated rings. The van der Waals surface area contributed by atoms with E-state index < -0.39 is 0 Å². The zero-order chi connectivity index (χ0) is 18.4. The second-order valence-electron chi connectivity index (χ2n) is 6.88. The molecule has 25 heavy (non-hydrogen) atoms. The van der Waals surface area contributed by atoms with E-state index >= 15 is 0 Å². The highest BCUT2D eigenvalue weighted by Crippen LogP contribution is 2.18. The predicted molar refractivity (Wildman–Crippen MR) is 96.2 cm³/mol. The molecule has 0 saturated carbocycles. The molecular formula is C19H26N2O4. The number of hydrogen-bond acceptors (Lipinski definition) is 5. The SMILES string of the molecule is Cc1c(OCc2ccc(OCCCO)cc2)cnn(C(C)(C)C)c1=O. The molecule has 0 unspecified atom stereocenters. The lowest BCUT2D eigenvalue weighted by Crippen LogP contribution is -2.37. The van der Waals surface area contributed by atoms with Crippen LogP contribution in [0.15, 0.2) is 35.3 Å². The van der Waals surface area contributed by atoms with Crippen molar-refractivity contribution in [2.24, 2.45) is 0 Å². The van der Waals surface area contributed by atoms with Gasteiger partial charge in [-0.2, -0.15) is 5.10 Å². The third kappa shape index (κ3) is 5.06. The first-order valence-electron chi connectivity index (χ1n) is 8.37. The second-order valence-corrected chi connectivity index (χ2v) is 6.88. The van der Waals surface area contributed by atoms with Crippen LogP contribution in [0.3, 0.4) is 0 Å². The van der Waals surface area contributed by atoms with E-state index in [1.165, 1.54) is 4.68 Å². The first-order chi connectivity index (χ1) is 11.8. The van der Waals surface area contributed by atoms with Crippen molar-refractivity contribution >= 4 is 0 Å². The normalized spacial score (nSPS) is 11.4. The van der Waals surface area contributed by atoms with Gasteiger partial charge in [0.25, 0.3) is 5.56 Å². The van der Waals surface area contributed by atoms with Gasteiger partial charge in [0.05, 0.1) is 23.9 Å². The van der Waals surface area contributed by atoms with E-state index in [-0.39, 0.29) is 17.7 Å². The molecule has 0 bridgehead atoms. The standard InChI is InChI=1S/C19H26N2O4/c1-14-17(12-20-21(18(14)23)19(2,3)4)25-13-15-6-8-16(9-7-15)24-11-5-10-22/h6-9,12,22H,5,10-11,13H2,1-4H3. The molecule has 2 rings (SSSR count). The first-order valence-corrected chi connectivity index (χ1v) is 8.37. The van der Waals surface area contributed by atoms with Crippen LogP contribution in [0, 0.1) is 6.92 Å². The maximum Gasteiger partial charge on any atom is 0.273 e. The zero-order valence-corrected chi connectivity index (χ0v) is 15.3. The van der Waals surface area contributed by atoms with Crippen molar-refractivity contribution in [3.05, 3.63) is 51.9 Å². The summed E-state index contributed by atoms with van der Waals surface area (Å²) in [6.07, 6.45) is 2.20. The molecule has 1 N–H and O–H groups in total. The third-order valence-electron chi connectivity index (χ3n) is 3.70. The summed E-state index contributed by atoms with van der Waals surface area (Å²) in [4.78, 5) is 12.4. The van der Waals surface area contributed by atoms with Crippen LogP contribution in [0.4, 0.5) is 0 Å². The van der Waals surface area contributed by atoms with Crippen LogP contribution in [0.25, 0.3) is 0 Å². The summed E-state index contributed by atoms with van der Waals surface area (Å²) in [5.41, 5.74) is 1.01. The molecule has 0 saturated heterocycles. The van der Waals surface area contributed by atoms with Crippen molar-refractivity contribution in [2.45, 2.75) is 46.3 Å². The van der Waals surface area contributed by atoms with E-state index in [1.807, 2.05) is 45.0 Å². The van der Waals surface area contributed by atoms with Crippen molar-refractivity contribution < 1.29 is 14.6 Å². The van der Waals surface area contributed by atoms with Crippen LogP contribution in [-0.4, -0.2) is 28.1 Å². The first kappa shape index (κ1) is 19.0. The second kappa shape index (κ2) is 8.16. The van der Waals surface area contributed by atoms with Gasteiger partial charge in [-0.15, -0.1) is 0 Å². The largest absolute Gasteiger partial charge is 0.494 e. The highest BCUT2D eigenvalue weighted by atomic mass is 16.5. The Balaban J connectivity index is 2.02. The van der Waals surface area contributed by atoms with Gasteiger partial charge >= 0.3 is 0 Å². The Hall–Kier alpha value is -2.34. The number of rotatable bonds is 7. The third-order valence-corrected chi connectivity index (χ3v) is 3.70. The monoisotopic (exact) mass is 346 g/mol. The van der Waals surface area contributed by atoms with Crippen molar-refractivity contribution in [1.29, 1.82) is 0 Å². The lowest BCUT2D eigenvalue weighted by atomic mass is 10.1. The number of aliphatic hydroxyl groups is 1. The van der Waals surface area contributed by atoms with Gasteiger partial charge in [0.15, 0.2) is 0 Å². The van der Waals surface area contributed by atoms with Gasteiger partial charge in [-0.3, -0.25) is 4.79 Å². The fourth-order valence-corrected chi connectivity index (χ4v) is 2.24. The lowest BCUT2D eigenvalue weighted by molar-refractivity contribution is 0.233. The van der Waals surface area contributed by atoms with E-state index in [9.17, 15) is 4.79 Å². The molecule has 1 aromatic carbocycles. The van der Waals surface area contributed by atoms with Crippen LogP contribution < -0.4 is 15.0 Å². The molecule has 6 heteroatoms. The van der Waals surface area contributed by atoms with Gasteiger partial charge < -0.3 is 14.6 Å². The minimum Gasteiger partial charge on any atom is -0.494 e. The minimum atomic E-state index is -0.369. The number of nitrogens with zero attached hydrogens (tertiary/aromatic N) is 2. The zero-order valence-electron chi connectivity index (χ0n) is 15.3. The maximum absolute atomic E-state index is 12.4. The molecule has 0 spiro atoms. The van der Waals surface area contributed by atoms with Crippen LogP contribution >= 0.6 is 0 Å². The molecule has 0 aliphatic heterocycles. The smallest absolute Gasteiger partial charge is 0.273 e. The van der Waals surface area contributed by atoms with Gasteiger partial charge in [0, 0.05) is 13.0 Å². The molecule has 1 aromatic heterocycles. The van der Waals surface area contributed by atoms with E-state index in [0.29, 0.717) is 30.9 Å². The Kier molecular flexibility index (Phi) is 6.20. The Morgan fingerprint density at radius 3 is 2.44 bits per heavy atom.